The first-order valence-electron chi connectivity index (χ1n) is 9.76. The van der Waals surface area contributed by atoms with Gasteiger partial charge in [0, 0.05) is 6.04 Å². The number of nitrogens with two attached hydrogens (primary N) is 1. The molecule has 3 rings (SSSR count). The Balaban J connectivity index is 1.64. The predicted molar refractivity (Wildman–Crippen MR) is 103 cm³/mol. The van der Waals surface area contributed by atoms with E-state index in [1.54, 1.807) is 19.1 Å². The van der Waals surface area contributed by atoms with Crippen molar-refractivity contribution < 1.29 is 17.6 Å². The van der Waals surface area contributed by atoms with Gasteiger partial charge >= 0.3 is 0 Å². The van der Waals surface area contributed by atoms with E-state index in [1.807, 2.05) is 0 Å². The Morgan fingerprint density at radius 2 is 1.78 bits per heavy atom. The van der Waals surface area contributed by atoms with E-state index in [0.29, 0.717) is 25.7 Å². The van der Waals surface area contributed by atoms with Crippen LogP contribution in [-0.4, -0.2) is 30.9 Å². The molecule has 0 aliphatic heterocycles. The Morgan fingerprint density at radius 3 is 2.37 bits per heavy atom. The van der Waals surface area contributed by atoms with Gasteiger partial charge in [-0.2, -0.15) is 0 Å². The zero-order valence-corrected chi connectivity index (χ0v) is 16.7. The van der Waals surface area contributed by atoms with Crippen molar-refractivity contribution in [2.24, 2.45) is 5.73 Å². The van der Waals surface area contributed by atoms with Crippen LogP contribution in [0.2, 0.25) is 0 Å². The summed E-state index contributed by atoms with van der Waals surface area (Å²) in [5.74, 6) is -0.180. The molecule has 0 bridgehead atoms. The monoisotopic (exact) mass is 396 g/mol. The standard InChI is InChI=1S/C20H29FN2O3S/c1-15-6-5-7-17(14-15)27(25,26)20(21)12-8-16(9-13-20)23-18(24)19(22)10-3-2-4-11-19/h5-7,14,16H,2-4,8-13,22H2,1H3,(H,23,24)/t16-,20+. The molecule has 0 heterocycles. The number of nitrogens with one attached hydrogen (secondary N) is 1. The highest BCUT2D eigenvalue weighted by molar-refractivity contribution is 7.92. The van der Waals surface area contributed by atoms with Crippen LogP contribution in [0.5, 0.6) is 0 Å². The van der Waals surface area contributed by atoms with E-state index >= 15 is 4.39 Å². The largest absolute Gasteiger partial charge is 0.352 e. The van der Waals surface area contributed by atoms with Crippen LogP contribution in [-0.2, 0) is 14.6 Å². The summed E-state index contributed by atoms with van der Waals surface area (Å²) in [6.45, 7) is 1.78. The van der Waals surface area contributed by atoms with Gasteiger partial charge in [-0.25, -0.2) is 12.8 Å². The molecule has 0 atom stereocenters. The van der Waals surface area contributed by atoms with Crippen LogP contribution in [0.4, 0.5) is 4.39 Å². The number of halogens is 1. The Kier molecular flexibility index (Phi) is 5.64. The number of hydrogen-bond donors (Lipinski definition) is 2. The normalized spacial score (nSPS) is 28.5. The highest BCUT2D eigenvalue weighted by Crippen LogP contribution is 2.40. The van der Waals surface area contributed by atoms with Crippen molar-refractivity contribution in [1.29, 1.82) is 0 Å². The lowest BCUT2D eigenvalue weighted by atomic mass is 9.81. The van der Waals surface area contributed by atoms with Crippen molar-refractivity contribution in [3.8, 4) is 0 Å². The van der Waals surface area contributed by atoms with Gasteiger partial charge in [0.1, 0.15) is 0 Å². The molecule has 1 amide bonds. The molecular formula is C20H29FN2O3S. The number of alkyl halides is 1. The fourth-order valence-electron chi connectivity index (χ4n) is 4.19. The molecule has 2 aliphatic carbocycles. The van der Waals surface area contributed by atoms with E-state index in [9.17, 15) is 13.2 Å². The van der Waals surface area contributed by atoms with Crippen molar-refractivity contribution >= 4 is 15.7 Å². The van der Waals surface area contributed by atoms with Gasteiger partial charge in [0.2, 0.25) is 20.7 Å². The lowest BCUT2D eigenvalue weighted by Crippen LogP contribution is -2.58. The smallest absolute Gasteiger partial charge is 0.240 e. The summed E-state index contributed by atoms with van der Waals surface area (Å²) in [5.41, 5.74) is 6.19. The molecule has 27 heavy (non-hydrogen) atoms. The number of sulfone groups is 1. The summed E-state index contributed by atoms with van der Waals surface area (Å²) in [4.78, 5) is 12.6. The van der Waals surface area contributed by atoms with E-state index < -0.39 is 20.4 Å². The predicted octanol–water partition coefficient (Wildman–Crippen LogP) is 3.15. The van der Waals surface area contributed by atoms with E-state index in [1.165, 1.54) is 12.1 Å². The number of hydrogen-bond acceptors (Lipinski definition) is 4. The first-order valence-corrected chi connectivity index (χ1v) is 11.2. The number of aryl methyl sites for hydroxylation is 1. The minimum atomic E-state index is -4.07. The fraction of sp³-hybridized carbons (Fsp3) is 0.650. The Morgan fingerprint density at radius 1 is 1.15 bits per heavy atom. The van der Waals surface area contributed by atoms with E-state index in [2.05, 4.69) is 5.32 Å². The minimum Gasteiger partial charge on any atom is -0.352 e. The first kappa shape index (κ1) is 20.3. The van der Waals surface area contributed by atoms with Gasteiger partial charge in [0.15, 0.2) is 0 Å². The second-order valence-corrected chi connectivity index (χ2v) is 10.4. The van der Waals surface area contributed by atoms with Crippen molar-refractivity contribution in [3.63, 3.8) is 0 Å². The zero-order valence-electron chi connectivity index (χ0n) is 15.8. The summed E-state index contributed by atoms with van der Waals surface area (Å²) in [5, 5.41) is 0.657. The molecule has 3 N–H and O–H groups in total. The molecule has 0 spiro atoms. The number of benzene rings is 1. The summed E-state index contributed by atoms with van der Waals surface area (Å²) in [7, 11) is -4.07. The fourth-order valence-corrected chi connectivity index (χ4v) is 5.99. The van der Waals surface area contributed by atoms with Crippen molar-refractivity contribution in [3.05, 3.63) is 29.8 Å². The molecule has 1 aromatic rings. The molecule has 150 valence electrons. The van der Waals surface area contributed by atoms with E-state index in [0.717, 1.165) is 24.8 Å². The number of carbonyl (C=O) groups excluding carboxylic acids is 1. The molecule has 0 saturated heterocycles. The van der Waals surface area contributed by atoms with Gasteiger partial charge in [-0.15, -0.1) is 0 Å². The summed E-state index contributed by atoms with van der Waals surface area (Å²) >= 11 is 0. The third kappa shape index (κ3) is 4.04. The topological polar surface area (TPSA) is 89.3 Å². The Labute approximate surface area is 160 Å². The highest BCUT2D eigenvalue weighted by atomic mass is 32.2. The third-order valence-corrected chi connectivity index (χ3v) is 8.29. The molecule has 7 heteroatoms. The van der Waals surface area contributed by atoms with Crippen LogP contribution in [0.15, 0.2) is 29.2 Å². The van der Waals surface area contributed by atoms with Crippen molar-refractivity contribution in [2.75, 3.05) is 0 Å². The number of carbonyl (C=O) groups is 1. The van der Waals surface area contributed by atoms with E-state index in [-0.39, 0.29) is 29.7 Å². The maximum Gasteiger partial charge on any atom is 0.240 e. The zero-order chi connectivity index (χ0) is 19.7. The van der Waals surface area contributed by atoms with Crippen molar-refractivity contribution in [2.45, 2.75) is 86.2 Å². The molecule has 2 fully saturated rings. The van der Waals surface area contributed by atoms with Crippen LogP contribution in [0.1, 0.15) is 63.4 Å². The summed E-state index contributed by atoms with van der Waals surface area (Å²) < 4.78 is 41.0. The second kappa shape index (κ2) is 7.51. The molecule has 0 aromatic heterocycles. The Hall–Kier alpha value is -1.47. The average molecular weight is 397 g/mol. The van der Waals surface area contributed by atoms with Crippen LogP contribution in [0.25, 0.3) is 0 Å². The number of rotatable bonds is 4. The van der Waals surface area contributed by atoms with Crippen LogP contribution in [0.3, 0.4) is 0 Å². The van der Waals surface area contributed by atoms with Gasteiger partial charge in [-0.3, -0.25) is 4.79 Å². The van der Waals surface area contributed by atoms with Gasteiger partial charge in [-0.05, 0) is 63.1 Å². The van der Waals surface area contributed by atoms with Gasteiger partial charge in [0.25, 0.3) is 0 Å². The van der Waals surface area contributed by atoms with Crippen molar-refractivity contribution in [1.82, 2.24) is 5.32 Å². The Bertz CT molecular complexity index is 795. The van der Waals surface area contributed by atoms with Gasteiger partial charge < -0.3 is 11.1 Å². The molecule has 2 saturated carbocycles. The minimum absolute atomic E-state index is 0.0237. The lowest BCUT2D eigenvalue weighted by Gasteiger charge is -2.37. The summed E-state index contributed by atoms with van der Waals surface area (Å²) in [6, 6.07) is 6.13. The third-order valence-electron chi connectivity index (χ3n) is 6.05. The molecular weight excluding hydrogens is 367 g/mol. The molecule has 5 nitrogen and oxygen atoms in total. The van der Waals surface area contributed by atoms with Crippen LogP contribution < -0.4 is 11.1 Å². The molecule has 0 radical (unpaired) electrons. The van der Waals surface area contributed by atoms with Gasteiger partial charge in [-0.1, -0.05) is 31.4 Å². The molecule has 0 unspecified atom stereocenters. The van der Waals surface area contributed by atoms with Crippen LogP contribution >= 0.6 is 0 Å². The quantitative estimate of drug-likeness (QED) is 0.818. The van der Waals surface area contributed by atoms with E-state index in [4.69, 9.17) is 5.73 Å². The first-order chi connectivity index (χ1) is 12.7. The lowest BCUT2D eigenvalue weighted by molar-refractivity contribution is -0.128. The van der Waals surface area contributed by atoms with Gasteiger partial charge in [0.05, 0.1) is 10.4 Å². The maximum atomic E-state index is 15.4. The molecule has 1 aromatic carbocycles. The average Bonchev–Trinajstić information content (AvgIpc) is 2.64. The summed E-state index contributed by atoms with van der Waals surface area (Å²) in [6.07, 6.45) is 4.66. The second-order valence-electron chi connectivity index (χ2n) is 8.17. The number of amides is 1. The van der Waals surface area contributed by atoms with Crippen LogP contribution in [0, 0.1) is 6.92 Å². The highest BCUT2D eigenvalue weighted by Gasteiger charge is 2.48. The molecule has 2 aliphatic rings. The maximum absolute atomic E-state index is 15.4. The SMILES string of the molecule is Cc1cccc(S(=O)(=O)[C@]2(F)CC[C@H](NC(=O)C3(N)CCCCC3)CC2)c1.